The Morgan fingerprint density at radius 3 is 2.61 bits per heavy atom. The number of nitriles is 1. The van der Waals surface area contributed by atoms with Crippen LogP contribution in [0, 0.1) is 11.3 Å². The van der Waals surface area contributed by atoms with Gasteiger partial charge in [0.1, 0.15) is 11.1 Å². The van der Waals surface area contributed by atoms with Crippen LogP contribution < -0.4 is 16.6 Å². The molecular weight excluding hydrogens is 415 g/mol. The van der Waals surface area contributed by atoms with Gasteiger partial charge in [-0.25, -0.2) is 4.79 Å². The second-order valence-electron chi connectivity index (χ2n) is 5.93. The minimum atomic E-state index is -4.59. The standard InChI is InChI=1S/C16H14F3N5O2S.H2S/c17-16(18,19)11-3-1-2-4-12(11)22-13-10(7-20)14(25)24(27-13)9-5-6-23(8-9)15(21)26;/h1-4,9,22H,5-6,8H2,(H2,21,26);1H2/t9-;/m0./s1. The van der Waals surface area contributed by atoms with E-state index < -0.39 is 23.3 Å². The molecule has 12 heteroatoms. The fraction of sp³-hybridized carbons (Fsp3) is 0.312. The van der Waals surface area contributed by atoms with E-state index >= 15 is 0 Å². The monoisotopic (exact) mass is 431 g/mol. The molecule has 0 aliphatic carbocycles. The van der Waals surface area contributed by atoms with Crippen molar-refractivity contribution in [2.45, 2.75) is 18.6 Å². The minimum absolute atomic E-state index is 0. The maximum atomic E-state index is 13.2. The van der Waals surface area contributed by atoms with E-state index in [0.29, 0.717) is 13.0 Å². The van der Waals surface area contributed by atoms with Gasteiger partial charge in [0.2, 0.25) is 0 Å². The molecule has 3 N–H and O–H groups in total. The molecule has 1 aromatic carbocycles. The number of urea groups is 1. The van der Waals surface area contributed by atoms with Gasteiger partial charge >= 0.3 is 12.2 Å². The zero-order valence-electron chi connectivity index (χ0n) is 14.3. The van der Waals surface area contributed by atoms with E-state index in [2.05, 4.69) is 5.32 Å². The highest BCUT2D eigenvalue weighted by atomic mass is 32.1. The van der Waals surface area contributed by atoms with Gasteiger partial charge in [0.15, 0.2) is 5.56 Å². The summed E-state index contributed by atoms with van der Waals surface area (Å²) in [6, 6.07) is 5.57. The van der Waals surface area contributed by atoms with Gasteiger partial charge in [0, 0.05) is 13.1 Å². The fourth-order valence-corrected chi connectivity index (χ4v) is 3.98. The number of alkyl halides is 3. The normalized spacial score (nSPS) is 16.4. The Kier molecular flexibility index (Phi) is 6.30. The summed E-state index contributed by atoms with van der Waals surface area (Å²) in [6.45, 7) is 0.574. The molecule has 1 aliphatic rings. The van der Waals surface area contributed by atoms with Crippen LogP contribution in [0.3, 0.4) is 0 Å². The predicted octanol–water partition coefficient (Wildman–Crippen LogP) is 2.98. The summed E-state index contributed by atoms with van der Waals surface area (Å²) < 4.78 is 40.8. The Hall–Kier alpha value is -2.65. The van der Waals surface area contributed by atoms with Gasteiger partial charge in [0.05, 0.1) is 17.3 Å². The maximum Gasteiger partial charge on any atom is 0.418 e. The molecule has 0 radical (unpaired) electrons. The van der Waals surface area contributed by atoms with E-state index in [-0.39, 0.29) is 42.3 Å². The molecule has 1 aromatic heterocycles. The first kappa shape index (κ1) is 21.6. The second kappa shape index (κ2) is 8.15. The van der Waals surface area contributed by atoms with Crippen molar-refractivity contribution in [1.29, 1.82) is 5.26 Å². The molecule has 1 fully saturated rings. The maximum absolute atomic E-state index is 13.2. The number of nitrogens with two attached hydrogens (primary N) is 1. The van der Waals surface area contributed by atoms with E-state index in [4.69, 9.17) is 5.73 Å². The first-order chi connectivity index (χ1) is 12.7. The molecule has 1 saturated heterocycles. The minimum Gasteiger partial charge on any atom is -0.351 e. The van der Waals surface area contributed by atoms with Crippen molar-refractivity contribution in [3.63, 3.8) is 0 Å². The lowest BCUT2D eigenvalue weighted by Gasteiger charge is -2.14. The molecule has 2 aromatic rings. The highest BCUT2D eigenvalue weighted by Crippen LogP contribution is 2.37. The number of likely N-dealkylation sites (tertiary alicyclic amines) is 1. The molecule has 0 unspecified atom stereocenters. The van der Waals surface area contributed by atoms with E-state index in [1.54, 1.807) is 6.07 Å². The summed E-state index contributed by atoms with van der Waals surface area (Å²) in [7, 11) is 0. The van der Waals surface area contributed by atoms with Crippen LogP contribution in [0.4, 0.5) is 28.7 Å². The molecular formula is C16H16F3N5O2S2. The van der Waals surface area contributed by atoms with Gasteiger partial charge in [-0.05, 0) is 30.1 Å². The van der Waals surface area contributed by atoms with Crippen molar-refractivity contribution in [2.75, 3.05) is 18.4 Å². The zero-order chi connectivity index (χ0) is 19.8. The quantitative estimate of drug-likeness (QED) is 0.780. The molecule has 0 saturated carbocycles. The van der Waals surface area contributed by atoms with Gasteiger partial charge in [0.25, 0.3) is 5.56 Å². The van der Waals surface area contributed by atoms with Crippen LogP contribution >= 0.6 is 25.0 Å². The number of hydrogen-bond donors (Lipinski definition) is 2. The number of anilines is 2. The van der Waals surface area contributed by atoms with Crippen LogP contribution in [-0.4, -0.2) is 28.0 Å². The lowest BCUT2D eigenvalue weighted by atomic mass is 10.1. The van der Waals surface area contributed by atoms with Crippen LogP contribution in [0.5, 0.6) is 0 Å². The first-order valence-electron chi connectivity index (χ1n) is 7.86. The number of rotatable bonds is 3. The highest BCUT2D eigenvalue weighted by molar-refractivity contribution is 7.59. The SMILES string of the molecule is N#Cc1c(Nc2ccccc2C(F)(F)F)sn([C@H]2CCN(C(N)=O)C2)c1=O.S. The van der Waals surface area contributed by atoms with Crippen LogP contribution in [0.2, 0.25) is 0 Å². The van der Waals surface area contributed by atoms with Crippen LogP contribution in [0.15, 0.2) is 29.1 Å². The zero-order valence-corrected chi connectivity index (χ0v) is 16.1. The second-order valence-corrected chi connectivity index (χ2v) is 6.92. The average Bonchev–Trinajstić information content (AvgIpc) is 3.19. The third-order valence-corrected chi connectivity index (χ3v) is 5.38. The topological polar surface area (TPSA) is 104 Å². The summed E-state index contributed by atoms with van der Waals surface area (Å²) in [5, 5.41) is 11.9. The Bertz CT molecular complexity index is 980. The Morgan fingerprint density at radius 2 is 2.04 bits per heavy atom. The number of para-hydroxylation sites is 1. The van der Waals surface area contributed by atoms with Crippen molar-refractivity contribution in [3.8, 4) is 6.07 Å². The average molecular weight is 431 g/mol. The van der Waals surface area contributed by atoms with Gasteiger partial charge in [-0.1, -0.05) is 12.1 Å². The molecule has 7 nitrogen and oxygen atoms in total. The molecule has 0 spiro atoms. The van der Waals surface area contributed by atoms with Crippen LogP contribution in [0.25, 0.3) is 0 Å². The largest absolute Gasteiger partial charge is 0.418 e. The number of benzene rings is 1. The van der Waals surface area contributed by atoms with Gasteiger partial charge < -0.3 is 16.0 Å². The van der Waals surface area contributed by atoms with Crippen molar-refractivity contribution in [1.82, 2.24) is 8.86 Å². The summed E-state index contributed by atoms with van der Waals surface area (Å²) >= 11 is 0.860. The first-order valence-corrected chi connectivity index (χ1v) is 8.63. The molecule has 28 heavy (non-hydrogen) atoms. The molecule has 1 aliphatic heterocycles. The summed E-state index contributed by atoms with van der Waals surface area (Å²) in [6.07, 6.45) is -4.12. The van der Waals surface area contributed by atoms with Crippen molar-refractivity contribution in [2.24, 2.45) is 5.73 Å². The van der Waals surface area contributed by atoms with E-state index in [1.807, 2.05) is 0 Å². The Balaban J connectivity index is 0.00000280. The number of amides is 2. The summed E-state index contributed by atoms with van der Waals surface area (Å²) in [5.74, 6) is 0. The Labute approximate surface area is 168 Å². The van der Waals surface area contributed by atoms with Gasteiger partial charge in [-0.2, -0.15) is 31.9 Å². The number of primary amides is 1. The number of nitrogens with zero attached hydrogens (tertiary/aromatic N) is 3. The van der Waals surface area contributed by atoms with Crippen molar-refractivity contribution < 1.29 is 18.0 Å². The third kappa shape index (κ3) is 4.10. The molecule has 150 valence electrons. The smallest absolute Gasteiger partial charge is 0.351 e. The van der Waals surface area contributed by atoms with E-state index in [0.717, 1.165) is 17.6 Å². The van der Waals surface area contributed by atoms with Crippen LogP contribution in [-0.2, 0) is 6.18 Å². The predicted molar refractivity (Wildman–Crippen MR) is 103 cm³/mol. The third-order valence-electron chi connectivity index (χ3n) is 4.23. The van der Waals surface area contributed by atoms with Crippen molar-refractivity contribution in [3.05, 3.63) is 45.7 Å². The van der Waals surface area contributed by atoms with E-state index in [9.17, 15) is 28.0 Å². The molecule has 1 atom stereocenters. The van der Waals surface area contributed by atoms with Gasteiger partial charge in [-0.15, -0.1) is 0 Å². The van der Waals surface area contributed by atoms with Gasteiger partial charge in [-0.3, -0.25) is 8.75 Å². The lowest BCUT2D eigenvalue weighted by Crippen LogP contribution is -2.34. The number of aromatic nitrogens is 1. The number of carbonyl (C=O) groups excluding carboxylic acids is 1. The lowest BCUT2D eigenvalue weighted by molar-refractivity contribution is -0.136. The number of halogens is 3. The molecule has 3 rings (SSSR count). The molecule has 2 amide bonds. The number of nitrogens with one attached hydrogen (secondary N) is 1. The summed E-state index contributed by atoms with van der Waals surface area (Å²) in [5.41, 5.74) is 3.20. The Morgan fingerprint density at radius 1 is 1.36 bits per heavy atom. The highest BCUT2D eigenvalue weighted by Gasteiger charge is 2.34. The molecule has 0 bridgehead atoms. The number of hydrogen-bond acceptors (Lipinski definition) is 5. The fourth-order valence-electron chi connectivity index (χ4n) is 2.91. The van der Waals surface area contributed by atoms with Crippen molar-refractivity contribution >= 4 is 41.7 Å². The number of carbonyl (C=O) groups is 1. The van der Waals surface area contributed by atoms with E-state index in [1.165, 1.54) is 27.1 Å². The molecule has 2 heterocycles. The van der Waals surface area contributed by atoms with Crippen LogP contribution in [0.1, 0.15) is 23.6 Å². The summed E-state index contributed by atoms with van der Waals surface area (Å²) in [4.78, 5) is 25.1.